The fourth-order valence-corrected chi connectivity index (χ4v) is 5.31. The van der Waals surface area contributed by atoms with Crippen LogP contribution in [0.5, 0.6) is 0 Å². The van der Waals surface area contributed by atoms with Crippen molar-refractivity contribution in [3.8, 4) is 0 Å². The third-order valence-electron chi connectivity index (χ3n) is 7.01. The molecule has 5 rings (SSSR count). The normalized spacial score (nSPS) is 26.9. The molecule has 3 heterocycles. The smallest absolute Gasteiger partial charge is 0.127 e. The first-order valence-corrected chi connectivity index (χ1v) is 12.4. The second kappa shape index (κ2) is 8.84. The van der Waals surface area contributed by atoms with Gasteiger partial charge in [-0.25, -0.2) is 4.39 Å². The van der Waals surface area contributed by atoms with Gasteiger partial charge in [-0.1, -0.05) is 6.07 Å². The van der Waals surface area contributed by atoms with E-state index in [2.05, 4.69) is 45.2 Å². The molecule has 0 bridgehead atoms. The van der Waals surface area contributed by atoms with Crippen molar-refractivity contribution in [3.63, 3.8) is 0 Å². The molecular weight excluding hydrogens is 471 g/mol. The summed E-state index contributed by atoms with van der Waals surface area (Å²) in [5.41, 5.74) is 3.96. The van der Waals surface area contributed by atoms with Crippen LogP contribution in [-0.4, -0.2) is 47.2 Å². The number of halogens is 2. The lowest BCUT2D eigenvalue weighted by molar-refractivity contribution is 0.0343. The van der Waals surface area contributed by atoms with Crippen LogP contribution >= 0.6 is 15.9 Å². The summed E-state index contributed by atoms with van der Waals surface area (Å²) in [5.74, 6) is 0. The summed E-state index contributed by atoms with van der Waals surface area (Å²) in [7, 11) is 0. The number of benzene rings is 1. The van der Waals surface area contributed by atoms with Crippen LogP contribution in [0.2, 0.25) is 0 Å². The Balaban J connectivity index is 1.55. The average Bonchev–Trinajstić information content (AvgIpc) is 3.53. The van der Waals surface area contributed by atoms with Crippen LogP contribution in [0.3, 0.4) is 0 Å². The van der Waals surface area contributed by atoms with Crippen LogP contribution in [0.15, 0.2) is 34.9 Å². The Morgan fingerprint density at radius 1 is 1.31 bits per heavy atom. The summed E-state index contributed by atoms with van der Waals surface area (Å²) < 4.78 is 21.7. The zero-order valence-corrected chi connectivity index (χ0v) is 20.0. The van der Waals surface area contributed by atoms with E-state index in [1.807, 2.05) is 18.3 Å². The van der Waals surface area contributed by atoms with Crippen molar-refractivity contribution in [3.05, 3.63) is 57.3 Å². The van der Waals surface area contributed by atoms with Crippen LogP contribution < -0.4 is 5.32 Å². The van der Waals surface area contributed by atoms with Gasteiger partial charge in [0.25, 0.3) is 0 Å². The number of ether oxygens (including phenoxy) is 1. The molecule has 170 valence electrons. The van der Waals surface area contributed by atoms with Gasteiger partial charge in [0, 0.05) is 47.3 Å². The number of hydrogen-bond donors (Lipinski definition) is 2. The molecule has 2 aromatic rings. The number of aromatic nitrogens is 1. The highest BCUT2D eigenvalue weighted by molar-refractivity contribution is 9.10. The van der Waals surface area contributed by atoms with Crippen molar-refractivity contribution < 1.29 is 9.13 Å². The Kier molecular flexibility index (Phi) is 6.07. The summed E-state index contributed by atoms with van der Waals surface area (Å²) in [4.78, 5) is 6.98. The molecule has 1 aromatic heterocycles. The van der Waals surface area contributed by atoms with E-state index in [9.17, 15) is 4.39 Å². The molecular formula is C25H30BrFN4O. The molecule has 0 radical (unpaired) electrons. The maximum absolute atomic E-state index is 14.9. The van der Waals surface area contributed by atoms with Crippen molar-refractivity contribution in [2.75, 3.05) is 18.5 Å². The van der Waals surface area contributed by atoms with Gasteiger partial charge in [-0.2, -0.15) is 0 Å². The van der Waals surface area contributed by atoms with E-state index >= 15 is 0 Å². The number of fused-ring (bicyclic) bond motifs is 1. The summed E-state index contributed by atoms with van der Waals surface area (Å²) in [6.07, 6.45) is 8.54. The van der Waals surface area contributed by atoms with Gasteiger partial charge in [0.2, 0.25) is 0 Å². The highest BCUT2D eigenvalue weighted by Crippen LogP contribution is 2.46. The maximum Gasteiger partial charge on any atom is 0.127 e. The van der Waals surface area contributed by atoms with E-state index in [-0.39, 0.29) is 18.3 Å². The van der Waals surface area contributed by atoms with Crippen molar-refractivity contribution in [2.24, 2.45) is 0 Å². The van der Waals surface area contributed by atoms with E-state index in [0.29, 0.717) is 19.4 Å². The molecule has 1 saturated heterocycles. The first-order chi connectivity index (χ1) is 15.5. The number of hydrogen-bond acceptors (Lipinski definition) is 5. The molecule has 32 heavy (non-hydrogen) atoms. The third-order valence-corrected chi connectivity index (χ3v) is 7.48. The maximum atomic E-state index is 14.9. The van der Waals surface area contributed by atoms with E-state index in [1.54, 1.807) is 0 Å². The minimum atomic E-state index is -1.08. The largest absolute Gasteiger partial charge is 0.360 e. The predicted molar refractivity (Wildman–Crippen MR) is 128 cm³/mol. The fraction of sp³-hybridized carbons (Fsp3) is 0.520. The average molecular weight is 501 g/mol. The summed E-state index contributed by atoms with van der Waals surface area (Å²) in [5, 5.41) is 11.7. The SMILES string of the molecule is C[C@@H]1Cc2c(ccc(NC3CCCCO3)c2C=N)C(c2ccc(Br)cn2)N1CC1(F)CC1. The Morgan fingerprint density at radius 2 is 2.16 bits per heavy atom. The van der Waals surface area contributed by atoms with E-state index in [0.717, 1.165) is 64.8 Å². The molecule has 0 amide bonds. The second-order valence-corrected chi connectivity index (χ2v) is 10.3. The fourth-order valence-electron chi connectivity index (χ4n) is 5.08. The number of anilines is 1. The highest BCUT2D eigenvalue weighted by atomic mass is 79.9. The number of nitrogens with one attached hydrogen (secondary N) is 2. The summed E-state index contributed by atoms with van der Waals surface area (Å²) in [6, 6.07) is 8.22. The monoisotopic (exact) mass is 500 g/mol. The van der Waals surface area contributed by atoms with Gasteiger partial charge in [0.05, 0.1) is 11.7 Å². The van der Waals surface area contributed by atoms with Crippen LogP contribution in [0.1, 0.15) is 67.5 Å². The molecule has 1 aliphatic carbocycles. The first-order valence-electron chi connectivity index (χ1n) is 11.6. The Morgan fingerprint density at radius 3 is 2.81 bits per heavy atom. The van der Waals surface area contributed by atoms with E-state index < -0.39 is 5.67 Å². The summed E-state index contributed by atoms with van der Waals surface area (Å²) >= 11 is 3.48. The Hall–Kier alpha value is -1.83. The van der Waals surface area contributed by atoms with Gasteiger partial charge in [-0.05, 0) is 90.7 Å². The zero-order valence-electron chi connectivity index (χ0n) is 18.4. The number of rotatable bonds is 6. The Labute approximate surface area is 197 Å². The molecule has 2 fully saturated rings. The number of alkyl halides is 1. The standard InChI is InChI=1S/C25H30BrFN4O/c1-16-12-19-18(6-8-21(20(19)13-28)30-23-4-2-3-11-32-23)24(22-7-5-17(26)14-29-22)31(16)15-25(27)9-10-25/h5-8,13-14,16,23-24,28,30H,2-4,9-12,15H2,1H3/t16-,23?,24?/m1/s1. The predicted octanol–water partition coefficient (Wildman–Crippen LogP) is 5.62. The molecule has 2 unspecified atom stereocenters. The Bertz CT molecular complexity index is 988. The van der Waals surface area contributed by atoms with Gasteiger partial charge in [0.15, 0.2) is 0 Å². The third kappa shape index (κ3) is 4.35. The van der Waals surface area contributed by atoms with Crippen LogP contribution in [-0.2, 0) is 11.2 Å². The van der Waals surface area contributed by atoms with Gasteiger partial charge in [0.1, 0.15) is 11.9 Å². The van der Waals surface area contributed by atoms with Crippen LogP contribution in [0, 0.1) is 5.41 Å². The number of pyridine rings is 1. The molecule has 3 aliphatic rings. The van der Waals surface area contributed by atoms with Crippen molar-refractivity contribution >= 4 is 27.8 Å². The molecule has 1 aromatic carbocycles. The molecule has 0 spiro atoms. The molecule has 2 N–H and O–H groups in total. The molecule has 3 atom stereocenters. The lowest BCUT2D eigenvalue weighted by Crippen LogP contribution is -2.46. The molecule has 2 aliphatic heterocycles. The van der Waals surface area contributed by atoms with Gasteiger partial charge in [-0.3, -0.25) is 9.88 Å². The van der Waals surface area contributed by atoms with Crippen molar-refractivity contribution in [2.45, 2.75) is 69.4 Å². The van der Waals surface area contributed by atoms with Gasteiger partial charge < -0.3 is 15.5 Å². The van der Waals surface area contributed by atoms with Crippen molar-refractivity contribution in [1.82, 2.24) is 9.88 Å². The van der Waals surface area contributed by atoms with Gasteiger partial charge in [-0.15, -0.1) is 0 Å². The van der Waals surface area contributed by atoms with E-state index in [1.165, 1.54) is 6.21 Å². The number of nitrogens with zero attached hydrogens (tertiary/aromatic N) is 2. The molecule has 1 saturated carbocycles. The topological polar surface area (TPSA) is 61.2 Å². The second-order valence-electron chi connectivity index (χ2n) is 9.42. The molecule has 7 heteroatoms. The minimum absolute atomic E-state index is 0.0109. The quantitative estimate of drug-likeness (QED) is 0.505. The first kappa shape index (κ1) is 22.0. The highest BCUT2D eigenvalue weighted by Gasteiger charge is 2.48. The van der Waals surface area contributed by atoms with Crippen LogP contribution in [0.4, 0.5) is 10.1 Å². The zero-order chi connectivity index (χ0) is 22.3. The lowest BCUT2D eigenvalue weighted by Gasteiger charge is -2.43. The summed E-state index contributed by atoms with van der Waals surface area (Å²) in [6.45, 7) is 3.36. The van der Waals surface area contributed by atoms with Crippen molar-refractivity contribution in [1.29, 1.82) is 5.41 Å². The lowest BCUT2D eigenvalue weighted by atomic mass is 9.83. The van der Waals surface area contributed by atoms with Crippen LogP contribution in [0.25, 0.3) is 0 Å². The minimum Gasteiger partial charge on any atom is -0.360 e. The molecule has 5 nitrogen and oxygen atoms in total. The van der Waals surface area contributed by atoms with E-state index in [4.69, 9.17) is 15.1 Å². The van der Waals surface area contributed by atoms with Gasteiger partial charge >= 0.3 is 0 Å².